The summed E-state index contributed by atoms with van der Waals surface area (Å²) in [5.74, 6) is -0.436. The summed E-state index contributed by atoms with van der Waals surface area (Å²) < 4.78 is 0. The van der Waals surface area contributed by atoms with Crippen molar-refractivity contribution in [1.82, 2.24) is 0 Å². The molecule has 0 aromatic carbocycles. The number of carbonyl (C=O) groups is 2. The minimum Gasteiger partial charge on any atom is -0.480 e. The van der Waals surface area contributed by atoms with Crippen LogP contribution in [-0.2, 0) is 9.59 Å². The van der Waals surface area contributed by atoms with E-state index in [1.54, 1.807) is 0 Å². The second kappa shape index (κ2) is 13.0. The Morgan fingerprint density at radius 3 is 1.25 bits per heavy atom. The summed E-state index contributed by atoms with van der Waals surface area (Å²) >= 11 is 10.0. The van der Waals surface area contributed by atoms with Crippen molar-refractivity contribution in [3.63, 3.8) is 0 Å². The predicted molar refractivity (Wildman–Crippen MR) is 89.1 cm³/mol. The van der Waals surface area contributed by atoms with Gasteiger partial charge in [0.1, 0.15) is 10.9 Å². The lowest BCUT2D eigenvalue weighted by Crippen LogP contribution is -2.19. The molecule has 1 fully saturated rings. The van der Waals surface area contributed by atoms with Gasteiger partial charge in [-0.3, -0.25) is 9.59 Å². The Kier molecular flexibility index (Phi) is 14.6. The third-order valence-electron chi connectivity index (χ3n) is 1.58. The quantitative estimate of drug-likeness (QED) is 0.400. The monoisotopic (exact) mass is 364 g/mol. The molecule has 0 radical (unpaired) electrons. The minimum atomic E-state index is -0.877. The molecule has 4 unspecified atom stereocenters. The summed E-state index contributed by atoms with van der Waals surface area (Å²) in [6.45, 7) is 3.01. The van der Waals surface area contributed by atoms with E-state index in [4.69, 9.17) is 20.4 Å². The van der Waals surface area contributed by atoms with E-state index in [0.717, 1.165) is 0 Å². The van der Waals surface area contributed by atoms with E-state index in [1.165, 1.54) is 37.4 Å². The number of aliphatic hydroxyl groups excluding tert-OH is 2. The largest absolute Gasteiger partial charge is 0.480 e. The van der Waals surface area contributed by atoms with Gasteiger partial charge in [0.05, 0.1) is 10.5 Å². The normalized spacial score (nSPS) is 24.1. The number of thiol groups is 2. The molecule has 4 N–H and O–H groups in total. The van der Waals surface area contributed by atoms with Crippen LogP contribution in [0.3, 0.4) is 0 Å². The molecule has 0 aromatic rings. The van der Waals surface area contributed by atoms with Gasteiger partial charge < -0.3 is 20.4 Å². The van der Waals surface area contributed by atoms with Crippen LogP contribution in [0.5, 0.6) is 0 Å². The molecule has 0 aromatic heterocycles. The van der Waals surface area contributed by atoms with E-state index in [2.05, 4.69) is 25.3 Å². The topological polar surface area (TPSA) is 115 Å². The molecule has 0 saturated carbocycles. The van der Waals surface area contributed by atoms with E-state index in [-0.39, 0.29) is 10.9 Å². The van der Waals surface area contributed by atoms with Crippen LogP contribution >= 0.6 is 48.8 Å². The fourth-order valence-corrected chi connectivity index (χ4v) is 2.50. The lowest BCUT2D eigenvalue weighted by molar-refractivity contribution is -0.137. The van der Waals surface area contributed by atoms with Crippen molar-refractivity contribution in [2.45, 2.75) is 35.2 Å². The Hall–Kier alpha value is 0.260. The molecule has 20 heavy (non-hydrogen) atoms. The zero-order chi connectivity index (χ0) is 16.3. The molecule has 120 valence electrons. The van der Waals surface area contributed by atoms with E-state index >= 15 is 0 Å². The molecule has 0 amide bonds. The van der Waals surface area contributed by atoms with Crippen LogP contribution in [-0.4, -0.2) is 65.2 Å². The molecule has 10 heteroatoms. The summed E-state index contributed by atoms with van der Waals surface area (Å²) in [5.41, 5.74) is -0.521. The highest BCUT2D eigenvalue weighted by Gasteiger charge is 2.17. The molecular weight excluding hydrogens is 344 g/mol. The SMILES string of the molecule is CC(S)C(=O)O.CC(S)C(=O)O.OC1CSC(O)CS1. The highest BCUT2D eigenvalue weighted by molar-refractivity contribution is 8.06. The number of hydrogen-bond acceptors (Lipinski definition) is 8. The number of rotatable bonds is 2. The summed E-state index contributed by atoms with van der Waals surface area (Å²) in [5, 5.41) is 32.5. The van der Waals surface area contributed by atoms with Crippen molar-refractivity contribution < 1.29 is 30.0 Å². The molecular formula is C10H20O6S4. The first-order chi connectivity index (χ1) is 9.07. The summed E-state index contributed by atoms with van der Waals surface area (Å²) in [4.78, 5) is 19.2. The van der Waals surface area contributed by atoms with Crippen LogP contribution < -0.4 is 0 Å². The lowest BCUT2D eigenvalue weighted by Gasteiger charge is -2.19. The van der Waals surface area contributed by atoms with Gasteiger partial charge in [-0.2, -0.15) is 25.3 Å². The molecule has 1 aliphatic heterocycles. The Balaban J connectivity index is 0. The van der Waals surface area contributed by atoms with Crippen molar-refractivity contribution in [1.29, 1.82) is 0 Å². The number of aliphatic carboxylic acids is 2. The van der Waals surface area contributed by atoms with Gasteiger partial charge in [-0.1, -0.05) is 0 Å². The molecule has 6 nitrogen and oxygen atoms in total. The first kappa shape index (κ1) is 22.5. The number of carboxylic acid groups (broad SMARTS) is 2. The van der Waals surface area contributed by atoms with Crippen molar-refractivity contribution in [2.24, 2.45) is 0 Å². The zero-order valence-electron chi connectivity index (χ0n) is 11.0. The fraction of sp³-hybridized carbons (Fsp3) is 0.800. The van der Waals surface area contributed by atoms with Gasteiger partial charge in [0.25, 0.3) is 0 Å². The lowest BCUT2D eigenvalue weighted by atomic mass is 10.5. The molecule has 1 aliphatic rings. The van der Waals surface area contributed by atoms with Crippen molar-refractivity contribution in [3.05, 3.63) is 0 Å². The summed E-state index contributed by atoms with van der Waals surface area (Å²) in [6, 6.07) is 0. The minimum absolute atomic E-state index is 0.261. The van der Waals surface area contributed by atoms with Crippen LogP contribution in [0.1, 0.15) is 13.8 Å². The molecule has 0 aliphatic carbocycles. The van der Waals surface area contributed by atoms with Crippen LogP contribution in [0.15, 0.2) is 0 Å². The maximum absolute atomic E-state index is 9.62. The number of carboxylic acids is 2. The van der Waals surface area contributed by atoms with Gasteiger partial charge in [-0.15, -0.1) is 23.5 Å². The first-order valence-corrected chi connectivity index (χ1v) is 8.62. The molecule has 1 heterocycles. The number of aliphatic hydroxyl groups is 2. The molecule has 0 bridgehead atoms. The second-order valence-corrected chi connectivity index (χ2v) is 7.58. The first-order valence-electron chi connectivity index (χ1n) is 5.49. The summed E-state index contributed by atoms with van der Waals surface area (Å²) in [6.07, 6.45) is 0. The fourth-order valence-electron chi connectivity index (χ4n) is 0.483. The molecule has 0 spiro atoms. The molecule has 4 atom stereocenters. The third-order valence-corrected chi connectivity index (χ3v) is 4.56. The Morgan fingerprint density at radius 2 is 1.15 bits per heavy atom. The standard InChI is InChI=1S/C4H8O2S2.2C3H6O2S/c5-3-1-7-4(6)2-8-3;2*1-2(6)3(4)5/h3-6H,1-2H2;2*2,6H,1H3,(H,4,5). The van der Waals surface area contributed by atoms with Crippen molar-refractivity contribution in [3.8, 4) is 0 Å². The number of hydrogen-bond donors (Lipinski definition) is 6. The van der Waals surface area contributed by atoms with Crippen LogP contribution in [0.4, 0.5) is 0 Å². The van der Waals surface area contributed by atoms with Gasteiger partial charge in [0.2, 0.25) is 0 Å². The van der Waals surface area contributed by atoms with E-state index in [9.17, 15) is 9.59 Å². The van der Waals surface area contributed by atoms with Gasteiger partial charge >= 0.3 is 11.9 Å². The smallest absolute Gasteiger partial charge is 0.316 e. The second-order valence-electron chi connectivity index (χ2n) is 3.60. The molecule has 1 rings (SSSR count). The maximum atomic E-state index is 9.62. The van der Waals surface area contributed by atoms with Crippen molar-refractivity contribution >= 4 is 60.7 Å². The third kappa shape index (κ3) is 16.3. The van der Waals surface area contributed by atoms with Crippen LogP contribution in [0.25, 0.3) is 0 Å². The summed E-state index contributed by atoms with van der Waals surface area (Å²) in [7, 11) is 0. The van der Waals surface area contributed by atoms with E-state index in [0.29, 0.717) is 11.5 Å². The van der Waals surface area contributed by atoms with Gasteiger partial charge in [-0.25, -0.2) is 0 Å². The van der Waals surface area contributed by atoms with E-state index < -0.39 is 22.4 Å². The molecule has 1 saturated heterocycles. The number of thioether (sulfide) groups is 2. The van der Waals surface area contributed by atoms with Gasteiger partial charge in [0.15, 0.2) is 0 Å². The van der Waals surface area contributed by atoms with Crippen LogP contribution in [0.2, 0.25) is 0 Å². The van der Waals surface area contributed by atoms with Crippen LogP contribution in [0, 0.1) is 0 Å². The average molecular weight is 365 g/mol. The highest BCUT2D eigenvalue weighted by atomic mass is 32.2. The zero-order valence-corrected chi connectivity index (χ0v) is 14.5. The van der Waals surface area contributed by atoms with E-state index in [1.807, 2.05) is 0 Å². The van der Waals surface area contributed by atoms with Crippen molar-refractivity contribution in [2.75, 3.05) is 11.5 Å². The Labute approximate surface area is 137 Å². The van der Waals surface area contributed by atoms with Gasteiger partial charge in [-0.05, 0) is 13.8 Å². The Morgan fingerprint density at radius 1 is 0.950 bits per heavy atom. The maximum Gasteiger partial charge on any atom is 0.316 e. The van der Waals surface area contributed by atoms with Gasteiger partial charge in [0, 0.05) is 11.5 Å². The Bertz CT molecular complexity index is 251. The average Bonchev–Trinajstić information content (AvgIpc) is 2.34. The highest BCUT2D eigenvalue weighted by Crippen LogP contribution is 2.26. The predicted octanol–water partition coefficient (Wildman–Crippen LogP) is 0.882.